The lowest BCUT2D eigenvalue weighted by atomic mass is 9.99. The molecule has 0 saturated heterocycles. The highest BCUT2D eigenvalue weighted by Gasteiger charge is 2.27. The van der Waals surface area contributed by atoms with Gasteiger partial charge >= 0.3 is 0 Å². The largest absolute Gasteiger partial charge is 0.322 e. The Labute approximate surface area is 222 Å². The fourth-order valence-corrected chi connectivity index (χ4v) is 4.93. The third-order valence-electron chi connectivity index (χ3n) is 6.85. The monoisotopic (exact) mass is 510 g/mol. The predicted molar refractivity (Wildman–Crippen MR) is 148 cm³/mol. The topological polar surface area (TPSA) is 67.2 Å². The van der Waals surface area contributed by atoms with Crippen molar-refractivity contribution in [1.29, 1.82) is 0 Å². The Morgan fingerprint density at radius 2 is 1.71 bits per heavy atom. The molecule has 4 aromatic rings. The number of aryl methyl sites for hydroxylation is 2. The van der Waals surface area contributed by atoms with Gasteiger partial charge in [-0.15, -0.1) is 0 Å². The highest BCUT2D eigenvalue weighted by molar-refractivity contribution is 6.11. The lowest BCUT2D eigenvalue weighted by Gasteiger charge is -2.30. The molecule has 194 valence electrons. The molecule has 0 fully saturated rings. The minimum atomic E-state index is -0.406. The number of halogens is 1. The van der Waals surface area contributed by atoms with Crippen LogP contribution in [0, 0.1) is 12.7 Å². The fraction of sp³-hybridized carbons (Fsp3) is 0.258. The number of amides is 2. The molecule has 0 unspecified atom stereocenters. The quantitative estimate of drug-likeness (QED) is 0.336. The van der Waals surface area contributed by atoms with E-state index in [1.165, 1.54) is 23.9 Å². The molecule has 6 nitrogen and oxygen atoms in total. The number of fused-ring (bicyclic) bond motifs is 1. The van der Waals surface area contributed by atoms with Crippen molar-refractivity contribution in [3.05, 3.63) is 101 Å². The Balaban J connectivity index is 1.46. The summed E-state index contributed by atoms with van der Waals surface area (Å²) in [5, 5.41) is 7.44. The van der Waals surface area contributed by atoms with Crippen LogP contribution in [-0.4, -0.2) is 28.1 Å². The number of hydrogen-bond donors (Lipinski definition) is 1. The number of carbonyl (C=O) groups is 2. The number of hydrogen-bond acceptors (Lipinski definition) is 3. The van der Waals surface area contributed by atoms with Crippen molar-refractivity contribution < 1.29 is 14.0 Å². The van der Waals surface area contributed by atoms with Crippen LogP contribution in [-0.2, 0) is 12.0 Å². The van der Waals surface area contributed by atoms with Gasteiger partial charge in [0.1, 0.15) is 5.82 Å². The summed E-state index contributed by atoms with van der Waals surface area (Å²) in [7, 11) is 0. The molecule has 0 saturated carbocycles. The van der Waals surface area contributed by atoms with Gasteiger partial charge in [-0.2, -0.15) is 5.10 Å². The van der Waals surface area contributed by atoms with Gasteiger partial charge < -0.3 is 10.2 Å². The summed E-state index contributed by atoms with van der Waals surface area (Å²) >= 11 is 0. The van der Waals surface area contributed by atoms with Gasteiger partial charge in [-0.05, 0) is 94.1 Å². The number of carbonyl (C=O) groups excluding carboxylic acids is 2. The molecular weight excluding hydrogens is 479 g/mol. The molecule has 0 atom stereocenters. The summed E-state index contributed by atoms with van der Waals surface area (Å²) in [4.78, 5) is 29.0. The van der Waals surface area contributed by atoms with Crippen LogP contribution in [0.25, 0.3) is 11.3 Å². The van der Waals surface area contributed by atoms with Gasteiger partial charge in [-0.1, -0.05) is 24.3 Å². The van der Waals surface area contributed by atoms with E-state index in [9.17, 15) is 14.0 Å². The Kier molecular flexibility index (Phi) is 6.61. The average Bonchev–Trinajstić information content (AvgIpc) is 3.36. The van der Waals surface area contributed by atoms with E-state index in [4.69, 9.17) is 0 Å². The highest BCUT2D eigenvalue weighted by atomic mass is 19.1. The number of benzene rings is 3. The first-order valence-electron chi connectivity index (χ1n) is 12.8. The van der Waals surface area contributed by atoms with Crippen LogP contribution in [0.1, 0.15) is 59.0 Å². The third-order valence-corrected chi connectivity index (χ3v) is 6.85. The summed E-state index contributed by atoms with van der Waals surface area (Å²) in [6.07, 6.45) is 3.39. The van der Waals surface area contributed by atoms with Gasteiger partial charge in [0, 0.05) is 29.0 Å². The van der Waals surface area contributed by atoms with Crippen LogP contribution in [0.15, 0.2) is 72.9 Å². The summed E-state index contributed by atoms with van der Waals surface area (Å²) in [6, 6.07) is 19.4. The van der Waals surface area contributed by atoms with Crippen molar-refractivity contribution in [3.63, 3.8) is 0 Å². The maximum absolute atomic E-state index is 13.6. The maximum Gasteiger partial charge on any atom is 0.259 e. The van der Waals surface area contributed by atoms with Crippen molar-refractivity contribution in [2.45, 2.75) is 46.1 Å². The van der Waals surface area contributed by atoms with Gasteiger partial charge in [-0.3, -0.25) is 14.3 Å². The zero-order valence-corrected chi connectivity index (χ0v) is 22.1. The normalized spacial score (nSPS) is 13.2. The average molecular weight is 511 g/mol. The molecule has 2 heterocycles. The van der Waals surface area contributed by atoms with Crippen molar-refractivity contribution in [2.75, 3.05) is 16.8 Å². The second-order valence-corrected chi connectivity index (χ2v) is 10.7. The molecule has 0 aliphatic carbocycles. The molecule has 1 N–H and O–H groups in total. The first kappa shape index (κ1) is 25.4. The van der Waals surface area contributed by atoms with Crippen LogP contribution < -0.4 is 10.2 Å². The number of rotatable bonds is 4. The van der Waals surface area contributed by atoms with E-state index in [1.54, 1.807) is 28.9 Å². The molecule has 1 aromatic heterocycles. The highest BCUT2D eigenvalue weighted by Crippen LogP contribution is 2.31. The van der Waals surface area contributed by atoms with E-state index in [0.29, 0.717) is 34.6 Å². The molecule has 2 amide bonds. The van der Waals surface area contributed by atoms with E-state index in [-0.39, 0.29) is 17.6 Å². The van der Waals surface area contributed by atoms with Crippen molar-refractivity contribution >= 4 is 23.2 Å². The Hall–Kier alpha value is -4.26. The van der Waals surface area contributed by atoms with E-state index in [2.05, 4.69) is 16.5 Å². The van der Waals surface area contributed by atoms with Gasteiger partial charge in [0.25, 0.3) is 11.8 Å². The number of nitrogens with one attached hydrogen (secondary N) is 1. The lowest BCUT2D eigenvalue weighted by molar-refractivity contribution is 0.0982. The second-order valence-electron chi connectivity index (χ2n) is 10.7. The van der Waals surface area contributed by atoms with Gasteiger partial charge in [0.15, 0.2) is 0 Å². The Bertz CT molecular complexity index is 1520. The number of aromatic nitrogens is 2. The van der Waals surface area contributed by atoms with Crippen LogP contribution in [0.3, 0.4) is 0 Å². The predicted octanol–water partition coefficient (Wildman–Crippen LogP) is 6.60. The van der Waals surface area contributed by atoms with Gasteiger partial charge in [-0.25, -0.2) is 4.39 Å². The summed E-state index contributed by atoms with van der Waals surface area (Å²) < 4.78 is 15.4. The number of nitrogens with zero attached hydrogens (tertiary/aromatic N) is 3. The third kappa shape index (κ3) is 4.84. The summed E-state index contributed by atoms with van der Waals surface area (Å²) in [5.41, 5.74) is 5.25. The molecule has 1 aliphatic heterocycles. The first-order valence-corrected chi connectivity index (χ1v) is 12.8. The SMILES string of the molecule is Cc1ccc(NC(=O)c2cnn(C(C)(C)C)c2-c2ccc(F)cc2)cc1C(=O)N1CCCc2ccccc21. The standard InChI is InChI=1S/C31H31FN4O2/c1-20-11-16-24(18-25(20)30(38)35-17-7-9-21-8-5-6-10-27(21)35)34-29(37)26-19-33-36(31(2,3)4)28(26)22-12-14-23(32)15-13-22/h5-6,8,10-16,18-19H,7,9,17H2,1-4H3,(H,34,37). The molecule has 1 aliphatic rings. The van der Waals surface area contributed by atoms with Crippen molar-refractivity contribution in [1.82, 2.24) is 9.78 Å². The molecule has 0 bridgehead atoms. The molecule has 0 radical (unpaired) electrons. The van der Waals surface area contributed by atoms with Gasteiger partial charge in [0.2, 0.25) is 0 Å². The second kappa shape index (κ2) is 9.89. The fourth-order valence-electron chi connectivity index (χ4n) is 4.93. The Morgan fingerprint density at radius 1 is 0.974 bits per heavy atom. The van der Waals surface area contributed by atoms with Gasteiger partial charge in [0.05, 0.1) is 23.0 Å². The minimum absolute atomic E-state index is 0.0849. The van der Waals surface area contributed by atoms with Crippen LogP contribution >= 0.6 is 0 Å². The summed E-state index contributed by atoms with van der Waals surface area (Å²) in [6.45, 7) is 8.52. The van der Waals surface area contributed by atoms with Crippen LogP contribution in [0.5, 0.6) is 0 Å². The van der Waals surface area contributed by atoms with Crippen LogP contribution in [0.2, 0.25) is 0 Å². The Morgan fingerprint density at radius 3 is 2.45 bits per heavy atom. The molecule has 7 heteroatoms. The summed E-state index contributed by atoms with van der Waals surface area (Å²) in [5.74, 6) is -0.793. The first-order chi connectivity index (χ1) is 18.1. The zero-order valence-electron chi connectivity index (χ0n) is 22.1. The molecule has 0 spiro atoms. The minimum Gasteiger partial charge on any atom is -0.322 e. The van der Waals surface area contributed by atoms with Crippen molar-refractivity contribution in [3.8, 4) is 11.3 Å². The molecule has 3 aromatic carbocycles. The molecule has 38 heavy (non-hydrogen) atoms. The van der Waals surface area contributed by atoms with E-state index in [1.807, 2.05) is 56.9 Å². The number of para-hydroxylation sites is 1. The molecular formula is C31H31FN4O2. The number of anilines is 2. The zero-order chi connectivity index (χ0) is 27.0. The lowest BCUT2D eigenvalue weighted by Crippen LogP contribution is -2.35. The van der Waals surface area contributed by atoms with E-state index < -0.39 is 5.54 Å². The molecule has 5 rings (SSSR count). The van der Waals surface area contributed by atoms with E-state index >= 15 is 0 Å². The van der Waals surface area contributed by atoms with E-state index in [0.717, 1.165) is 24.1 Å². The smallest absolute Gasteiger partial charge is 0.259 e. The maximum atomic E-state index is 13.6. The van der Waals surface area contributed by atoms with Crippen molar-refractivity contribution in [2.24, 2.45) is 0 Å². The van der Waals surface area contributed by atoms with Crippen LogP contribution in [0.4, 0.5) is 15.8 Å².